The monoisotopic (exact) mass is 695 g/mol. The van der Waals surface area contributed by atoms with Gasteiger partial charge in [0.1, 0.15) is 16.9 Å². The zero-order valence-electron chi connectivity index (χ0n) is 29.7. The average Bonchev–Trinajstić information content (AvgIpc) is 3.62. The molecule has 2 aromatic heterocycles. The first-order valence-corrected chi connectivity index (χ1v) is 18.1. The molecule has 8 aromatic carbocycles. The first kappa shape index (κ1) is 31.6. The van der Waals surface area contributed by atoms with E-state index >= 15 is 0 Å². The molecular weight excluding hydrogens is 663 g/mol. The van der Waals surface area contributed by atoms with E-state index in [4.69, 9.17) is 24.1 Å². The summed E-state index contributed by atoms with van der Waals surface area (Å²) < 4.78 is 12.2. The molecule has 0 aliphatic rings. The topological polar surface area (TPSA) is 61.0 Å². The van der Waals surface area contributed by atoms with Gasteiger partial charge in [0.25, 0.3) is 0 Å². The molecule has 0 bridgehead atoms. The van der Waals surface area contributed by atoms with Gasteiger partial charge in [-0.1, -0.05) is 127 Å². The van der Waals surface area contributed by atoms with Gasteiger partial charge in [-0.25, -0.2) is 15.0 Å². The standard InChI is InChI=1S/C49H33N3O2/c1-30(27-46-50-48(32-14-4-3-5-15-32)52-49(51-46)39-20-12-22-45-47(39)38-19-10-11-21-44(38)54-45)40-28-33(24-26-43(40)53-2)41-29-42-34-16-7-6-13-31(34)23-25-37(42)35-17-8-9-18-36(35)41/h3-29H,1-2H3/b30-27-. The van der Waals surface area contributed by atoms with Crippen molar-refractivity contribution in [3.05, 3.63) is 169 Å². The van der Waals surface area contributed by atoms with Crippen molar-refractivity contribution in [2.45, 2.75) is 6.92 Å². The fraction of sp³-hybridized carbons (Fsp3) is 0.0408. The number of hydrogen-bond acceptors (Lipinski definition) is 5. The number of aromatic nitrogens is 3. The lowest BCUT2D eigenvalue weighted by Crippen LogP contribution is -2.01. The van der Waals surface area contributed by atoms with Gasteiger partial charge in [-0.15, -0.1) is 0 Å². The highest BCUT2D eigenvalue weighted by Crippen LogP contribution is 2.41. The molecule has 0 saturated carbocycles. The second-order valence-corrected chi connectivity index (χ2v) is 13.6. The predicted octanol–water partition coefficient (Wildman–Crippen LogP) is 12.8. The van der Waals surface area contributed by atoms with E-state index in [2.05, 4.69) is 104 Å². The minimum absolute atomic E-state index is 0.552. The fourth-order valence-corrected chi connectivity index (χ4v) is 7.81. The maximum atomic E-state index is 6.23. The summed E-state index contributed by atoms with van der Waals surface area (Å²) in [7, 11) is 1.72. The smallest absolute Gasteiger partial charge is 0.164 e. The third kappa shape index (κ3) is 5.29. The fourth-order valence-electron chi connectivity index (χ4n) is 7.81. The second kappa shape index (κ2) is 12.8. The van der Waals surface area contributed by atoms with Crippen LogP contribution in [0.4, 0.5) is 0 Å². The number of methoxy groups -OCH3 is 1. The number of hydrogen-bond donors (Lipinski definition) is 0. The van der Waals surface area contributed by atoms with Crippen molar-refractivity contribution in [2.75, 3.05) is 7.11 Å². The van der Waals surface area contributed by atoms with Gasteiger partial charge in [0.05, 0.1) is 7.11 Å². The molecule has 0 aliphatic carbocycles. The van der Waals surface area contributed by atoms with Gasteiger partial charge in [-0.2, -0.15) is 0 Å². The summed E-state index contributed by atoms with van der Waals surface area (Å²) in [4.78, 5) is 15.1. The molecule has 0 unspecified atom stereocenters. The van der Waals surface area contributed by atoms with Crippen molar-refractivity contribution in [1.82, 2.24) is 15.0 Å². The van der Waals surface area contributed by atoms with Crippen LogP contribution in [0.25, 0.3) is 99.8 Å². The molecule has 0 amide bonds. The molecule has 5 heteroatoms. The van der Waals surface area contributed by atoms with Gasteiger partial charge in [0.2, 0.25) is 0 Å². The summed E-state index contributed by atoms with van der Waals surface area (Å²) in [6, 6.07) is 54.7. The van der Waals surface area contributed by atoms with Gasteiger partial charge in [-0.3, -0.25) is 0 Å². The van der Waals surface area contributed by atoms with Gasteiger partial charge >= 0.3 is 0 Å². The van der Waals surface area contributed by atoms with E-state index in [0.29, 0.717) is 17.5 Å². The molecule has 0 atom stereocenters. The molecular formula is C49H33N3O2. The van der Waals surface area contributed by atoms with E-state index < -0.39 is 0 Å². The highest BCUT2D eigenvalue weighted by molar-refractivity contribution is 6.21. The number of ether oxygens (including phenoxy) is 1. The lowest BCUT2D eigenvalue weighted by Gasteiger charge is -2.16. The van der Waals surface area contributed by atoms with Crippen LogP contribution >= 0.6 is 0 Å². The van der Waals surface area contributed by atoms with Crippen LogP contribution in [0.3, 0.4) is 0 Å². The Morgan fingerprint density at radius 2 is 1.22 bits per heavy atom. The number of fused-ring (bicyclic) bond motifs is 8. The Morgan fingerprint density at radius 3 is 2.07 bits per heavy atom. The number of benzene rings is 8. The normalized spacial score (nSPS) is 12.0. The third-order valence-corrected chi connectivity index (χ3v) is 10.4. The van der Waals surface area contributed by atoms with Crippen molar-refractivity contribution >= 4 is 65.9 Å². The van der Waals surface area contributed by atoms with Crippen molar-refractivity contribution in [3.63, 3.8) is 0 Å². The Balaban J connectivity index is 1.15. The van der Waals surface area contributed by atoms with E-state index in [1.54, 1.807) is 7.11 Å². The number of furan rings is 1. The van der Waals surface area contributed by atoms with Gasteiger partial charge in [0.15, 0.2) is 17.5 Å². The molecule has 0 fully saturated rings. The Kier molecular flexibility index (Phi) is 7.51. The molecule has 54 heavy (non-hydrogen) atoms. The minimum atomic E-state index is 0.552. The predicted molar refractivity (Wildman–Crippen MR) is 222 cm³/mol. The molecule has 0 saturated heterocycles. The quantitative estimate of drug-likeness (QED) is 0.162. The van der Waals surface area contributed by atoms with Crippen molar-refractivity contribution < 1.29 is 9.15 Å². The molecule has 5 nitrogen and oxygen atoms in total. The van der Waals surface area contributed by atoms with Crippen LogP contribution in [0.15, 0.2) is 162 Å². The number of allylic oxidation sites excluding steroid dienone is 1. The average molecular weight is 696 g/mol. The third-order valence-electron chi connectivity index (χ3n) is 10.4. The molecule has 0 N–H and O–H groups in total. The highest BCUT2D eigenvalue weighted by Gasteiger charge is 2.18. The Labute approximate surface area is 311 Å². The SMILES string of the molecule is COc1ccc(-c2cc3c4ccccc4ccc3c3ccccc23)cc1/C(C)=C\c1nc(-c2ccccc2)nc(-c2cccc3oc4ccccc4c23)n1. The lowest BCUT2D eigenvalue weighted by atomic mass is 9.90. The summed E-state index contributed by atoms with van der Waals surface area (Å²) in [6.45, 7) is 2.09. The summed E-state index contributed by atoms with van der Waals surface area (Å²) in [5, 5.41) is 9.38. The van der Waals surface area contributed by atoms with Crippen LogP contribution in [-0.4, -0.2) is 22.1 Å². The molecule has 0 radical (unpaired) electrons. The van der Waals surface area contributed by atoms with Crippen LogP contribution in [0, 0.1) is 0 Å². The lowest BCUT2D eigenvalue weighted by molar-refractivity contribution is 0.413. The van der Waals surface area contributed by atoms with Crippen LogP contribution in [0.2, 0.25) is 0 Å². The van der Waals surface area contributed by atoms with Crippen LogP contribution in [0.5, 0.6) is 5.75 Å². The largest absolute Gasteiger partial charge is 0.496 e. The molecule has 256 valence electrons. The molecule has 10 rings (SSSR count). The van der Waals surface area contributed by atoms with Crippen LogP contribution in [0.1, 0.15) is 18.3 Å². The van der Waals surface area contributed by atoms with Crippen molar-refractivity contribution in [3.8, 4) is 39.7 Å². The molecule has 0 spiro atoms. The van der Waals surface area contributed by atoms with Crippen LogP contribution in [-0.2, 0) is 0 Å². The molecule has 0 aliphatic heterocycles. The minimum Gasteiger partial charge on any atom is -0.496 e. The zero-order chi connectivity index (χ0) is 36.2. The summed E-state index contributed by atoms with van der Waals surface area (Å²) in [5.74, 6) is 2.50. The second-order valence-electron chi connectivity index (χ2n) is 13.6. The summed E-state index contributed by atoms with van der Waals surface area (Å²) in [6.07, 6.45) is 2.03. The van der Waals surface area contributed by atoms with E-state index in [-0.39, 0.29) is 0 Å². The van der Waals surface area contributed by atoms with Crippen molar-refractivity contribution in [1.29, 1.82) is 0 Å². The number of para-hydroxylation sites is 1. The zero-order valence-corrected chi connectivity index (χ0v) is 29.7. The van der Waals surface area contributed by atoms with Crippen molar-refractivity contribution in [2.24, 2.45) is 0 Å². The number of nitrogens with zero attached hydrogens (tertiary/aromatic N) is 3. The first-order chi connectivity index (χ1) is 26.6. The van der Waals surface area contributed by atoms with Gasteiger partial charge < -0.3 is 9.15 Å². The first-order valence-electron chi connectivity index (χ1n) is 18.1. The Morgan fingerprint density at radius 1 is 0.519 bits per heavy atom. The van der Waals surface area contributed by atoms with E-state index in [1.165, 1.54) is 37.9 Å². The van der Waals surface area contributed by atoms with E-state index in [0.717, 1.165) is 55.5 Å². The van der Waals surface area contributed by atoms with E-state index in [1.807, 2.05) is 66.7 Å². The van der Waals surface area contributed by atoms with Gasteiger partial charge in [-0.05, 0) is 92.3 Å². The highest BCUT2D eigenvalue weighted by atomic mass is 16.5. The Hall–Kier alpha value is -7.11. The van der Waals surface area contributed by atoms with E-state index in [9.17, 15) is 0 Å². The molecule has 10 aromatic rings. The summed E-state index contributed by atoms with van der Waals surface area (Å²) in [5.41, 5.74) is 7.61. The van der Waals surface area contributed by atoms with Gasteiger partial charge in [0, 0.05) is 27.5 Å². The summed E-state index contributed by atoms with van der Waals surface area (Å²) >= 11 is 0. The maximum absolute atomic E-state index is 6.23. The maximum Gasteiger partial charge on any atom is 0.164 e. The number of rotatable bonds is 6. The van der Waals surface area contributed by atoms with Crippen LogP contribution < -0.4 is 4.74 Å². The molecule has 2 heterocycles. The Bertz CT molecular complexity index is 3110.